The molecule has 0 unspecified atom stereocenters. The number of piperazine rings is 1. The number of hydrogen-bond acceptors (Lipinski definition) is 7. The van der Waals surface area contributed by atoms with Gasteiger partial charge >= 0.3 is 5.69 Å². The number of hydrogen-bond donors (Lipinski definition) is 0. The lowest BCUT2D eigenvalue weighted by Gasteiger charge is -2.35. The Morgan fingerprint density at radius 2 is 1.92 bits per heavy atom. The maximum atomic E-state index is 12.5. The van der Waals surface area contributed by atoms with Crippen molar-refractivity contribution in [1.82, 2.24) is 29.7 Å². The average molecular weight is 371 g/mol. The molecule has 1 aliphatic heterocycles. The number of amides is 1. The topological polar surface area (TPSA) is 89.1 Å². The van der Waals surface area contributed by atoms with Crippen LogP contribution in [-0.4, -0.2) is 61.8 Å². The van der Waals surface area contributed by atoms with Gasteiger partial charge in [-0.1, -0.05) is 6.07 Å². The van der Waals surface area contributed by atoms with Crippen LogP contribution >= 0.6 is 11.3 Å². The van der Waals surface area contributed by atoms with Crippen molar-refractivity contribution < 1.29 is 4.79 Å². The van der Waals surface area contributed by atoms with Crippen molar-refractivity contribution in [3.05, 3.63) is 52.4 Å². The van der Waals surface area contributed by atoms with Gasteiger partial charge in [-0.25, -0.2) is 9.78 Å². The third-order valence-corrected chi connectivity index (χ3v) is 5.09. The summed E-state index contributed by atoms with van der Waals surface area (Å²) in [5.74, 6) is 0.778. The van der Waals surface area contributed by atoms with Gasteiger partial charge in [0.1, 0.15) is 17.4 Å². The second-order valence-electron chi connectivity index (χ2n) is 5.84. The SMILES string of the molecule is O=C(Cn1nnn(-c2cccs2)c1=O)N1CCN(c2ccccn2)CC1. The molecule has 1 saturated heterocycles. The number of rotatable bonds is 4. The zero-order valence-corrected chi connectivity index (χ0v) is 14.7. The molecule has 9 nitrogen and oxygen atoms in total. The van der Waals surface area contributed by atoms with Gasteiger partial charge in [-0.3, -0.25) is 4.79 Å². The van der Waals surface area contributed by atoms with Gasteiger partial charge in [-0.05, 0) is 40.1 Å². The van der Waals surface area contributed by atoms with Crippen LogP contribution in [-0.2, 0) is 11.3 Å². The molecule has 26 heavy (non-hydrogen) atoms. The van der Waals surface area contributed by atoms with E-state index in [0.29, 0.717) is 31.2 Å². The number of pyridine rings is 1. The molecule has 134 valence electrons. The Morgan fingerprint density at radius 1 is 1.08 bits per heavy atom. The van der Waals surface area contributed by atoms with Crippen LogP contribution < -0.4 is 10.6 Å². The lowest BCUT2D eigenvalue weighted by Crippen LogP contribution is -2.50. The number of thiophene rings is 1. The van der Waals surface area contributed by atoms with Gasteiger partial charge in [0.15, 0.2) is 0 Å². The van der Waals surface area contributed by atoms with Crippen molar-refractivity contribution in [3.8, 4) is 5.00 Å². The van der Waals surface area contributed by atoms with Gasteiger partial charge in [-0.15, -0.1) is 11.3 Å². The number of anilines is 1. The molecule has 1 amide bonds. The summed E-state index contributed by atoms with van der Waals surface area (Å²) in [5, 5.41) is 10.2. The molecule has 0 radical (unpaired) electrons. The Labute approximate surface area is 153 Å². The molecule has 0 aliphatic carbocycles. The van der Waals surface area contributed by atoms with E-state index in [1.54, 1.807) is 17.2 Å². The maximum absolute atomic E-state index is 12.5. The quantitative estimate of drug-likeness (QED) is 0.652. The summed E-state index contributed by atoms with van der Waals surface area (Å²) in [6.45, 7) is 2.49. The van der Waals surface area contributed by atoms with E-state index in [9.17, 15) is 9.59 Å². The normalized spacial score (nSPS) is 14.6. The van der Waals surface area contributed by atoms with Crippen molar-refractivity contribution in [2.75, 3.05) is 31.1 Å². The average Bonchev–Trinajstić information content (AvgIpc) is 3.33. The molecule has 0 spiro atoms. The molecule has 1 fully saturated rings. The Balaban J connectivity index is 1.38. The highest BCUT2D eigenvalue weighted by atomic mass is 32.1. The number of nitrogens with zero attached hydrogens (tertiary/aromatic N) is 7. The molecule has 0 bridgehead atoms. The second kappa shape index (κ2) is 7.08. The first-order valence-corrected chi connectivity index (χ1v) is 9.11. The van der Waals surface area contributed by atoms with Crippen LogP contribution in [0.15, 0.2) is 46.7 Å². The predicted molar refractivity (Wildman–Crippen MR) is 96.5 cm³/mol. The van der Waals surface area contributed by atoms with Crippen LogP contribution in [0, 0.1) is 0 Å². The van der Waals surface area contributed by atoms with Crippen molar-refractivity contribution in [2.24, 2.45) is 0 Å². The summed E-state index contributed by atoms with van der Waals surface area (Å²) in [7, 11) is 0. The van der Waals surface area contributed by atoms with Crippen LogP contribution in [0.5, 0.6) is 0 Å². The molecule has 3 aromatic rings. The molecule has 4 heterocycles. The highest BCUT2D eigenvalue weighted by Gasteiger charge is 2.23. The highest BCUT2D eigenvalue weighted by Crippen LogP contribution is 2.13. The summed E-state index contributed by atoms with van der Waals surface area (Å²) in [5.41, 5.74) is -0.409. The third-order valence-electron chi connectivity index (χ3n) is 4.24. The van der Waals surface area contributed by atoms with Gasteiger partial charge in [0.2, 0.25) is 5.91 Å². The summed E-state index contributed by atoms with van der Waals surface area (Å²) in [4.78, 5) is 33.1. The van der Waals surface area contributed by atoms with E-state index in [-0.39, 0.29) is 12.5 Å². The van der Waals surface area contributed by atoms with Gasteiger partial charge in [-0.2, -0.15) is 9.36 Å². The minimum Gasteiger partial charge on any atom is -0.353 e. The zero-order valence-electron chi connectivity index (χ0n) is 13.9. The fourth-order valence-corrected chi connectivity index (χ4v) is 3.52. The first-order chi connectivity index (χ1) is 12.7. The molecular formula is C16H17N7O2S. The van der Waals surface area contributed by atoms with Crippen molar-refractivity contribution in [3.63, 3.8) is 0 Å². The second-order valence-corrected chi connectivity index (χ2v) is 6.76. The lowest BCUT2D eigenvalue weighted by molar-refractivity contribution is -0.132. The van der Waals surface area contributed by atoms with E-state index in [0.717, 1.165) is 10.5 Å². The van der Waals surface area contributed by atoms with E-state index in [4.69, 9.17) is 0 Å². The van der Waals surface area contributed by atoms with Gasteiger partial charge in [0.05, 0.1) is 0 Å². The van der Waals surface area contributed by atoms with E-state index < -0.39 is 5.69 Å². The Bertz CT molecular complexity index is 927. The third kappa shape index (κ3) is 3.23. The first-order valence-electron chi connectivity index (χ1n) is 8.23. The highest BCUT2D eigenvalue weighted by molar-refractivity contribution is 7.12. The van der Waals surface area contributed by atoms with Gasteiger partial charge in [0, 0.05) is 32.4 Å². The fraction of sp³-hybridized carbons (Fsp3) is 0.312. The van der Waals surface area contributed by atoms with Crippen LogP contribution in [0.3, 0.4) is 0 Å². The standard InChI is InChI=1S/C16H17N7O2S/c24-14(12-22-16(25)23(19-18-22)15-5-3-11-26-15)21-9-7-20(8-10-21)13-4-1-2-6-17-13/h1-6,11H,7-10,12H2. The zero-order chi connectivity index (χ0) is 17.9. The molecule has 1 aliphatic rings. The minimum absolute atomic E-state index is 0.103. The van der Waals surface area contributed by atoms with E-state index in [2.05, 4.69) is 20.3 Å². The van der Waals surface area contributed by atoms with E-state index >= 15 is 0 Å². The number of carbonyl (C=O) groups is 1. The number of carbonyl (C=O) groups excluding carboxylic acids is 1. The van der Waals surface area contributed by atoms with Crippen molar-refractivity contribution in [1.29, 1.82) is 0 Å². The molecule has 0 saturated carbocycles. The van der Waals surface area contributed by atoms with Gasteiger partial charge < -0.3 is 9.80 Å². The minimum atomic E-state index is -0.409. The predicted octanol–water partition coefficient (Wildman–Crippen LogP) is 0.234. The summed E-state index contributed by atoms with van der Waals surface area (Å²) in [6, 6.07) is 9.40. The van der Waals surface area contributed by atoms with E-state index in [1.807, 2.05) is 29.6 Å². The van der Waals surface area contributed by atoms with Crippen molar-refractivity contribution >= 4 is 23.1 Å². The Hall–Kier alpha value is -3.01. The molecule has 0 aromatic carbocycles. The molecular weight excluding hydrogens is 354 g/mol. The summed E-state index contributed by atoms with van der Waals surface area (Å²) in [6.07, 6.45) is 1.76. The first kappa shape index (κ1) is 16.5. The molecule has 4 rings (SSSR count). The summed E-state index contributed by atoms with van der Waals surface area (Å²) >= 11 is 1.39. The van der Waals surface area contributed by atoms with Crippen LogP contribution in [0.1, 0.15) is 0 Å². The van der Waals surface area contributed by atoms with Crippen LogP contribution in [0.2, 0.25) is 0 Å². The molecule has 0 N–H and O–H groups in total. The molecule has 10 heteroatoms. The van der Waals surface area contributed by atoms with E-state index in [1.165, 1.54) is 16.0 Å². The Kier molecular flexibility index (Phi) is 4.48. The number of tetrazole rings is 1. The van der Waals surface area contributed by atoms with Crippen LogP contribution in [0.4, 0.5) is 5.82 Å². The van der Waals surface area contributed by atoms with Crippen molar-refractivity contribution in [2.45, 2.75) is 6.54 Å². The smallest absolute Gasteiger partial charge is 0.353 e. The summed E-state index contributed by atoms with van der Waals surface area (Å²) < 4.78 is 2.31. The monoisotopic (exact) mass is 371 g/mol. The van der Waals surface area contributed by atoms with Crippen LogP contribution in [0.25, 0.3) is 5.00 Å². The molecule has 0 atom stereocenters. The largest absolute Gasteiger partial charge is 0.369 e. The lowest BCUT2D eigenvalue weighted by atomic mass is 10.3. The molecule has 3 aromatic heterocycles. The number of aromatic nitrogens is 5. The fourth-order valence-electron chi connectivity index (χ4n) is 2.86. The Morgan fingerprint density at radius 3 is 2.62 bits per heavy atom. The maximum Gasteiger partial charge on any atom is 0.369 e. The van der Waals surface area contributed by atoms with Gasteiger partial charge in [0.25, 0.3) is 0 Å².